The van der Waals surface area contributed by atoms with Gasteiger partial charge in [0.2, 0.25) is 5.91 Å². The molecule has 7 heteroatoms. The van der Waals surface area contributed by atoms with Crippen molar-refractivity contribution in [3.05, 3.63) is 0 Å². The van der Waals surface area contributed by atoms with Crippen LogP contribution in [0.4, 0.5) is 0 Å². The number of hydrogen-bond acceptors (Lipinski definition) is 5. The summed E-state index contributed by atoms with van der Waals surface area (Å²) in [5.74, 6) is -1.18. The number of carbonyl (C=O) groups is 2. The van der Waals surface area contributed by atoms with Gasteiger partial charge in [-0.1, -0.05) is 6.92 Å². The second-order valence-corrected chi connectivity index (χ2v) is 4.43. The molecule has 1 aliphatic heterocycles. The Morgan fingerprint density at radius 2 is 2.32 bits per heavy atom. The molecule has 0 aliphatic carbocycles. The summed E-state index contributed by atoms with van der Waals surface area (Å²) in [5, 5.41) is 12.0. The number of amides is 1. The lowest BCUT2D eigenvalue weighted by atomic mass is 10.1. The van der Waals surface area contributed by atoms with Crippen LogP contribution in [-0.4, -0.2) is 74.0 Å². The Balaban J connectivity index is 2.74. The van der Waals surface area contributed by atoms with Gasteiger partial charge in [0.25, 0.3) is 0 Å². The third-order valence-electron chi connectivity index (χ3n) is 3.03. The zero-order chi connectivity index (χ0) is 14.3. The van der Waals surface area contributed by atoms with Crippen LogP contribution in [0.15, 0.2) is 0 Å². The lowest BCUT2D eigenvalue weighted by Crippen LogP contribution is -2.60. The molecule has 2 atom stereocenters. The number of carboxylic acid groups (broad SMARTS) is 1. The fraction of sp³-hybridized carbons (Fsp3) is 0.833. The van der Waals surface area contributed by atoms with Crippen molar-refractivity contribution in [2.24, 2.45) is 0 Å². The monoisotopic (exact) mass is 274 g/mol. The van der Waals surface area contributed by atoms with E-state index in [-0.39, 0.29) is 19.1 Å². The van der Waals surface area contributed by atoms with Crippen molar-refractivity contribution in [2.45, 2.75) is 25.4 Å². The number of morpholine rings is 1. The minimum Gasteiger partial charge on any atom is -0.480 e. The van der Waals surface area contributed by atoms with Crippen molar-refractivity contribution in [2.75, 3.05) is 40.0 Å². The second-order valence-electron chi connectivity index (χ2n) is 4.43. The predicted molar refractivity (Wildman–Crippen MR) is 67.9 cm³/mol. The summed E-state index contributed by atoms with van der Waals surface area (Å²) in [6.45, 7) is 3.62. The average Bonchev–Trinajstić information content (AvgIpc) is 2.42. The van der Waals surface area contributed by atoms with Crippen LogP contribution in [0, 0.1) is 0 Å². The summed E-state index contributed by atoms with van der Waals surface area (Å²) in [4.78, 5) is 24.9. The molecule has 1 amide bonds. The number of carbonyl (C=O) groups excluding carboxylic acids is 1. The number of nitrogens with zero attached hydrogens (tertiary/aromatic N) is 1. The first-order chi connectivity index (χ1) is 9.11. The molecule has 0 saturated carbocycles. The molecule has 1 rings (SSSR count). The number of carboxylic acids is 1. The molecule has 1 aliphatic rings. The summed E-state index contributed by atoms with van der Waals surface area (Å²) in [6.07, 6.45) is 0.833. The van der Waals surface area contributed by atoms with E-state index in [0.29, 0.717) is 19.7 Å². The topological polar surface area (TPSA) is 88.1 Å². The predicted octanol–water partition coefficient (Wildman–Crippen LogP) is -0.687. The van der Waals surface area contributed by atoms with Crippen LogP contribution in [0.5, 0.6) is 0 Å². The maximum Gasteiger partial charge on any atom is 0.323 e. The fourth-order valence-corrected chi connectivity index (χ4v) is 2.05. The maximum absolute atomic E-state index is 12.0. The van der Waals surface area contributed by atoms with E-state index in [0.717, 1.165) is 6.42 Å². The van der Waals surface area contributed by atoms with Crippen molar-refractivity contribution >= 4 is 11.9 Å². The van der Waals surface area contributed by atoms with Gasteiger partial charge in [-0.3, -0.25) is 14.5 Å². The highest BCUT2D eigenvalue weighted by molar-refractivity contribution is 5.83. The third-order valence-corrected chi connectivity index (χ3v) is 3.03. The summed E-state index contributed by atoms with van der Waals surface area (Å²) < 4.78 is 10.2. The van der Waals surface area contributed by atoms with Crippen molar-refractivity contribution in [1.82, 2.24) is 10.2 Å². The highest BCUT2D eigenvalue weighted by Crippen LogP contribution is 2.12. The van der Waals surface area contributed by atoms with E-state index in [2.05, 4.69) is 5.32 Å². The Morgan fingerprint density at radius 3 is 2.89 bits per heavy atom. The zero-order valence-corrected chi connectivity index (χ0v) is 11.4. The van der Waals surface area contributed by atoms with Gasteiger partial charge in [-0.25, -0.2) is 0 Å². The number of rotatable bonds is 7. The van der Waals surface area contributed by atoms with Gasteiger partial charge in [-0.05, 0) is 6.42 Å². The molecule has 1 heterocycles. The van der Waals surface area contributed by atoms with Gasteiger partial charge in [0.1, 0.15) is 12.1 Å². The summed E-state index contributed by atoms with van der Waals surface area (Å²) in [6, 6.07) is -1.40. The first kappa shape index (κ1) is 15.9. The van der Waals surface area contributed by atoms with Gasteiger partial charge in [0.05, 0.1) is 19.8 Å². The highest BCUT2D eigenvalue weighted by Gasteiger charge is 2.37. The molecular formula is C12H22N2O5. The molecular weight excluding hydrogens is 252 g/mol. The lowest BCUT2D eigenvalue weighted by molar-refractivity contribution is -0.153. The van der Waals surface area contributed by atoms with Gasteiger partial charge in [0, 0.05) is 20.2 Å². The smallest absolute Gasteiger partial charge is 0.323 e. The van der Waals surface area contributed by atoms with Gasteiger partial charge in [-0.15, -0.1) is 0 Å². The quantitative estimate of drug-likeness (QED) is 0.639. The molecule has 110 valence electrons. The zero-order valence-electron chi connectivity index (χ0n) is 11.4. The van der Waals surface area contributed by atoms with Crippen LogP contribution in [0.1, 0.15) is 13.3 Å². The Kier molecular flexibility index (Phi) is 6.75. The van der Waals surface area contributed by atoms with Crippen molar-refractivity contribution < 1.29 is 24.2 Å². The largest absolute Gasteiger partial charge is 0.480 e. The number of ether oxygens (including phenoxy) is 2. The first-order valence-corrected chi connectivity index (χ1v) is 6.44. The highest BCUT2D eigenvalue weighted by atomic mass is 16.5. The molecule has 0 radical (unpaired) electrons. The van der Waals surface area contributed by atoms with Crippen LogP contribution in [0.2, 0.25) is 0 Å². The standard InChI is InChI=1S/C12H22N2O5/c1-3-4-13-11(15)9-8-19-6-5-14(9)10(7-18-2)12(16)17/h9-10H,3-8H2,1-2H3,(H,13,15)(H,16,17). The van der Waals surface area contributed by atoms with Crippen LogP contribution in [0.3, 0.4) is 0 Å². The fourth-order valence-electron chi connectivity index (χ4n) is 2.05. The molecule has 19 heavy (non-hydrogen) atoms. The third kappa shape index (κ3) is 4.45. The molecule has 2 unspecified atom stereocenters. The van der Waals surface area contributed by atoms with Gasteiger partial charge in [-0.2, -0.15) is 0 Å². The van der Waals surface area contributed by atoms with E-state index in [1.807, 2.05) is 6.92 Å². The van der Waals surface area contributed by atoms with Crippen LogP contribution in [0.25, 0.3) is 0 Å². The Bertz CT molecular complexity index is 310. The Hall–Kier alpha value is -1.18. The molecule has 0 aromatic heterocycles. The number of aliphatic carboxylic acids is 1. The van der Waals surface area contributed by atoms with Gasteiger partial charge < -0.3 is 19.9 Å². The van der Waals surface area contributed by atoms with E-state index in [1.54, 1.807) is 4.90 Å². The molecule has 0 bridgehead atoms. The van der Waals surface area contributed by atoms with Crippen LogP contribution < -0.4 is 5.32 Å². The molecule has 0 aromatic carbocycles. The van der Waals surface area contributed by atoms with Crippen LogP contribution in [-0.2, 0) is 19.1 Å². The van der Waals surface area contributed by atoms with Crippen LogP contribution >= 0.6 is 0 Å². The average molecular weight is 274 g/mol. The summed E-state index contributed by atoms with van der Waals surface area (Å²) >= 11 is 0. The molecule has 2 N–H and O–H groups in total. The maximum atomic E-state index is 12.0. The van der Waals surface area contributed by atoms with Crippen molar-refractivity contribution in [1.29, 1.82) is 0 Å². The molecule has 1 saturated heterocycles. The minimum atomic E-state index is -0.989. The van der Waals surface area contributed by atoms with E-state index < -0.39 is 18.1 Å². The molecule has 7 nitrogen and oxygen atoms in total. The summed E-state index contributed by atoms with van der Waals surface area (Å²) in [5.41, 5.74) is 0. The van der Waals surface area contributed by atoms with E-state index >= 15 is 0 Å². The normalized spacial score (nSPS) is 21.9. The Morgan fingerprint density at radius 1 is 1.58 bits per heavy atom. The van der Waals surface area contributed by atoms with E-state index in [9.17, 15) is 14.7 Å². The lowest BCUT2D eigenvalue weighted by Gasteiger charge is -2.37. The molecule has 0 aromatic rings. The summed E-state index contributed by atoms with van der Waals surface area (Å²) in [7, 11) is 1.45. The van der Waals surface area contributed by atoms with Gasteiger partial charge >= 0.3 is 5.97 Å². The number of nitrogens with one attached hydrogen (secondary N) is 1. The SMILES string of the molecule is CCCNC(=O)C1COCCN1C(COC)C(=O)O. The van der Waals surface area contributed by atoms with E-state index in [1.165, 1.54) is 7.11 Å². The van der Waals surface area contributed by atoms with Crippen molar-refractivity contribution in [3.8, 4) is 0 Å². The molecule has 0 spiro atoms. The number of methoxy groups -OCH3 is 1. The number of hydrogen-bond donors (Lipinski definition) is 2. The molecule has 1 fully saturated rings. The Labute approximate surface area is 112 Å². The minimum absolute atomic E-state index is 0.0485. The van der Waals surface area contributed by atoms with Gasteiger partial charge in [0.15, 0.2) is 0 Å². The first-order valence-electron chi connectivity index (χ1n) is 6.44. The van der Waals surface area contributed by atoms with Crippen molar-refractivity contribution in [3.63, 3.8) is 0 Å². The van der Waals surface area contributed by atoms with E-state index in [4.69, 9.17) is 9.47 Å². The second kappa shape index (κ2) is 8.08.